The van der Waals surface area contributed by atoms with Crippen LogP contribution in [-0.2, 0) is 0 Å². The number of fused-ring (bicyclic) bond motifs is 6. The Bertz CT molecular complexity index is 1140. The van der Waals surface area contributed by atoms with Gasteiger partial charge >= 0.3 is 0 Å². The second-order valence-electron chi connectivity index (χ2n) is 7.21. The van der Waals surface area contributed by atoms with Gasteiger partial charge in [0.2, 0.25) is 0 Å². The lowest BCUT2D eigenvalue weighted by Crippen LogP contribution is -2.07. The molecule has 0 amide bonds. The van der Waals surface area contributed by atoms with Crippen molar-refractivity contribution in [3.63, 3.8) is 0 Å². The number of aromatic nitrogens is 5. The van der Waals surface area contributed by atoms with Crippen molar-refractivity contribution in [2.45, 2.75) is 31.2 Å². The minimum absolute atomic E-state index is 0.233. The summed E-state index contributed by atoms with van der Waals surface area (Å²) >= 11 is 0. The molecular weight excluding hydrogens is 329 g/mol. The lowest BCUT2D eigenvalue weighted by molar-refractivity contribution is 0.478. The van der Waals surface area contributed by atoms with Gasteiger partial charge in [0.1, 0.15) is 11.5 Å². The number of nitrogens with one attached hydrogen (secondary N) is 1. The first-order chi connectivity index (χ1) is 12.8. The Morgan fingerprint density at radius 3 is 2.88 bits per heavy atom. The van der Waals surface area contributed by atoms with Crippen LogP contribution in [0.15, 0.2) is 42.7 Å². The van der Waals surface area contributed by atoms with Gasteiger partial charge in [-0.3, -0.25) is 9.78 Å². The van der Waals surface area contributed by atoms with E-state index in [1.807, 2.05) is 30.6 Å². The fraction of sp³-hybridized carbons (Fsp3) is 0.250. The van der Waals surface area contributed by atoms with Gasteiger partial charge < -0.3 is 0 Å². The van der Waals surface area contributed by atoms with Gasteiger partial charge in [0, 0.05) is 28.6 Å². The zero-order valence-electron chi connectivity index (χ0n) is 14.0. The molecule has 0 spiro atoms. The van der Waals surface area contributed by atoms with Crippen molar-refractivity contribution < 1.29 is 4.39 Å². The van der Waals surface area contributed by atoms with Crippen molar-refractivity contribution in [3.05, 3.63) is 54.2 Å². The summed E-state index contributed by atoms with van der Waals surface area (Å²) in [6.45, 7) is 0. The Balaban J connectivity index is 1.68. The maximum atomic E-state index is 13.4. The number of H-pyrrole nitrogens is 1. The van der Waals surface area contributed by atoms with Gasteiger partial charge in [-0.1, -0.05) is 0 Å². The van der Waals surface area contributed by atoms with E-state index in [2.05, 4.69) is 19.9 Å². The van der Waals surface area contributed by atoms with Crippen molar-refractivity contribution in [2.75, 3.05) is 0 Å². The molecule has 1 saturated carbocycles. The summed E-state index contributed by atoms with van der Waals surface area (Å²) in [4.78, 5) is 4.37. The third-order valence-corrected chi connectivity index (χ3v) is 5.83. The predicted octanol–water partition coefficient (Wildman–Crippen LogP) is 4.45. The van der Waals surface area contributed by atoms with E-state index >= 15 is 0 Å². The largest absolute Gasteiger partial charge is 0.265 e. The van der Waals surface area contributed by atoms with Crippen LogP contribution in [0.1, 0.15) is 36.9 Å². The molecule has 1 aromatic carbocycles. The molecule has 26 heavy (non-hydrogen) atoms. The zero-order valence-corrected chi connectivity index (χ0v) is 14.0. The molecule has 6 rings (SSSR count). The summed E-state index contributed by atoms with van der Waals surface area (Å²) in [5, 5.41) is 13.1. The quantitative estimate of drug-likeness (QED) is 0.584. The molecule has 5 nitrogen and oxygen atoms in total. The highest BCUT2D eigenvalue weighted by Gasteiger charge is 2.41. The summed E-state index contributed by atoms with van der Waals surface area (Å²) in [7, 11) is 0. The highest BCUT2D eigenvalue weighted by molar-refractivity contribution is 5.97. The van der Waals surface area contributed by atoms with Gasteiger partial charge in [-0.15, -0.1) is 0 Å². The molecule has 3 aromatic heterocycles. The molecule has 0 saturated heterocycles. The summed E-state index contributed by atoms with van der Waals surface area (Å²) < 4.78 is 15.7. The number of pyridine rings is 1. The lowest BCUT2D eigenvalue weighted by Gasteiger charge is -2.14. The van der Waals surface area contributed by atoms with E-state index in [1.54, 1.807) is 0 Å². The van der Waals surface area contributed by atoms with Gasteiger partial charge in [0.15, 0.2) is 5.65 Å². The van der Waals surface area contributed by atoms with Crippen LogP contribution in [0.2, 0.25) is 0 Å². The average molecular weight is 345 g/mol. The van der Waals surface area contributed by atoms with Crippen LogP contribution in [0.4, 0.5) is 4.39 Å². The van der Waals surface area contributed by atoms with Crippen molar-refractivity contribution in [3.8, 4) is 22.4 Å². The van der Waals surface area contributed by atoms with Crippen molar-refractivity contribution in [2.24, 2.45) is 0 Å². The maximum absolute atomic E-state index is 13.4. The highest BCUT2D eigenvalue weighted by atomic mass is 19.1. The monoisotopic (exact) mass is 345 g/mol. The number of halogens is 1. The van der Waals surface area contributed by atoms with E-state index in [0.717, 1.165) is 33.4 Å². The van der Waals surface area contributed by atoms with E-state index in [9.17, 15) is 4.39 Å². The number of hydrogen-bond donors (Lipinski definition) is 1. The Labute approximate surface area is 148 Å². The second-order valence-corrected chi connectivity index (χ2v) is 7.21. The van der Waals surface area contributed by atoms with Crippen molar-refractivity contribution in [1.29, 1.82) is 0 Å². The fourth-order valence-corrected chi connectivity index (χ4v) is 4.69. The predicted molar refractivity (Wildman–Crippen MR) is 96.1 cm³/mol. The fourth-order valence-electron chi connectivity index (χ4n) is 4.69. The summed E-state index contributed by atoms with van der Waals surface area (Å²) in [6.07, 6.45) is 7.22. The molecule has 4 aromatic rings. The average Bonchev–Trinajstić information content (AvgIpc) is 3.42. The standard InChI is InChI=1S/C20H16FN5/c21-13-4-1-11(2-5-13)18-17(15-7-8-22-20-16(15)10-23-24-20)19-12-3-6-14(9-12)26(19)25-18/h1-2,4-5,7-8,10,12,14H,3,6,9H2,(H,22,23,24)/t12-,14+/m0/s1. The first-order valence-electron chi connectivity index (χ1n) is 8.96. The Kier molecular flexibility index (Phi) is 2.73. The molecule has 6 heteroatoms. The minimum Gasteiger partial charge on any atom is -0.265 e. The van der Waals surface area contributed by atoms with Gasteiger partial charge in [-0.25, -0.2) is 9.37 Å². The third kappa shape index (κ3) is 1.81. The molecule has 1 aliphatic heterocycles. The van der Waals surface area contributed by atoms with Crippen molar-refractivity contribution in [1.82, 2.24) is 25.0 Å². The van der Waals surface area contributed by atoms with E-state index in [4.69, 9.17) is 5.10 Å². The first-order valence-corrected chi connectivity index (χ1v) is 8.96. The smallest absolute Gasteiger partial charge is 0.155 e. The number of benzene rings is 1. The molecule has 1 N–H and O–H groups in total. The second kappa shape index (κ2) is 5.00. The molecule has 0 unspecified atom stereocenters. The number of hydrogen-bond acceptors (Lipinski definition) is 3. The van der Waals surface area contributed by atoms with Crippen LogP contribution in [0, 0.1) is 5.82 Å². The van der Waals surface area contributed by atoms with E-state index in [1.165, 1.54) is 37.1 Å². The van der Waals surface area contributed by atoms with E-state index in [-0.39, 0.29) is 5.82 Å². The Hall–Kier alpha value is -3.02. The third-order valence-electron chi connectivity index (χ3n) is 5.83. The Morgan fingerprint density at radius 1 is 1.12 bits per heavy atom. The zero-order chi connectivity index (χ0) is 17.3. The van der Waals surface area contributed by atoms with E-state index in [0.29, 0.717) is 12.0 Å². The molecule has 128 valence electrons. The summed E-state index contributed by atoms with van der Waals surface area (Å²) in [5.41, 5.74) is 6.20. The topological polar surface area (TPSA) is 59.4 Å². The summed E-state index contributed by atoms with van der Waals surface area (Å²) in [5.74, 6) is 0.315. The molecular formula is C20H16FN5. The molecule has 2 atom stereocenters. The van der Waals surface area contributed by atoms with Gasteiger partial charge in [0.25, 0.3) is 0 Å². The number of rotatable bonds is 2. The molecule has 2 aliphatic rings. The van der Waals surface area contributed by atoms with Gasteiger partial charge in [0.05, 0.1) is 17.9 Å². The van der Waals surface area contributed by atoms with Crippen molar-refractivity contribution >= 4 is 11.0 Å². The highest BCUT2D eigenvalue weighted by Crippen LogP contribution is 2.54. The molecule has 2 bridgehead atoms. The van der Waals surface area contributed by atoms with Crippen LogP contribution in [0.3, 0.4) is 0 Å². The number of nitrogens with zero attached hydrogens (tertiary/aromatic N) is 4. The summed E-state index contributed by atoms with van der Waals surface area (Å²) in [6, 6.07) is 9.15. The normalized spacial score (nSPS) is 20.8. The number of aromatic amines is 1. The maximum Gasteiger partial charge on any atom is 0.155 e. The van der Waals surface area contributed by atoms with Crippen LogP contribution >= 0.6 is 0 Å². The van der Waals surface area contributed by atoms with Gasteiger partial charge in [-0.05, 0) is 55.2 Å². The minimum atomic E-state index is -0.233. The lowest BCUT2D eigenvalue weighted by atomic mass is 9.92. The molecule has 4 heterocycles. The molecule has 1 aliphatic carbocycles. The van der Waals surface area contributed by atoms with Crippen LogP contribution in [0.5, 0.6) is 0 Å². The van der Waals surface area contributed by atoms with Gasteiger partial charge in [-0.2, -0.15) is 10.2 Å². The van der Waals surface area contributed by atoms with E-state index < -0.39 is 0 Å². The molecule has 1 fully saturated rings. The van der Waals surface area contributed by atoms with Crippen LogP contribution in [-0.4, -0.2) is 25.0 Å². The van der Waals surface area contributed by atoms with Crippen LogP contribution < -0.4 is 0 Å². The Morgan fingerprint density at radius 2 is 2.00 bits per heavy atom. The van der Waals surface area contributed by atoms with Crippen LogP contribution in [0.25, 0.3) is 33.4 Å². The SMILES string of the molecule is Fc1ccc(-c2nn3c(c2-c2ccnc4[nH]ncc24)[C@H]2CC[C@@H]3C2)cc1. The first kappa shape index (κ1) is 14.2. The molecule has 0 radical (unpaired) electrons.